The zero-order valence-electron chi connectivity index (χ0n) is 19.2. The van der Waals surface area contributed by atoms with Crippen LogP contribution in [0.3, 0.4) is 0 Å². The highest BCUT2D eigenvalue weighted by Gasteiger charge is 2.42. The van der Waals surface area contributed by atoms with E-state index >= 15 is 0 Å². The van der Waals surface area contributed by atoms with Crippen LogP contribution in [0.5, 0.6) is 0 Å². The molecule has 8 heteroatoms. The van der Waals surface area contributed by atoms with Crippen LogP contribution in [0.25, 0.3) is 11.3 Å². The Kier molecular flexibility index (Phi) is 5.80. The molecule has 2 aromatic carbocycles. The summed E-state index contributed by atoms with van der Waals surface area (Å²) in [6.45, 7) is 1.77. The lowest BCUT2D eigenvalue weighted by Crippen LogP contribution is -2.36. The monoisotopic (exact) mass is 475 g/mol. The SMILES string of the molecule is COC(=O)C1=C(C)NC2=C(C(=O)C[C@@H](c3ccc(F)cc3)C2)[C@H]1c1cn[nH]c1-c1ccc(F)cc1. The normalized spacial score (nSPS) is 19.9. The van der Waals surface area contributed by atoms with E-state index in [-0.39, 0.29) is 29.8 Å². The summed E-state index contributed by atoms with van der Waals surface area (Å²) >= 11 is 0. The number of halogens is 2. The quantitative estimate of drug-likeness (QED) is 0.525. The van der Waals surface area contributed by atoms with E-state index in [1.165, 1.54) is 31.4 Å². The fraction of sp³-hybridized carbons (Fsp3) is 0.222. The molecule has 0 unspecified atom stereocenters. The Bertz CT molecular complexity index is 1370. The molecule has 0 radical (unpaired) electrons. The number of hydrogen-bond acceptors (Lipinski definition) is 5. The first-order chi connectivity index (χ1) is 16.9. The highest BCUT2D eigenvalue weighted by Crippen LogP contribution is 2.47. The summed E-state index contributed by atoms with van der Waals surface area (Å²) in [5.74, 6) is -2.20. The molecule has 2 N–H and O–H groups in total. The number of methoxy groups -OCH3 is 1. The number of hydrogen-bond donors (Lipinski definition) is 2. The van der Waals surface area contributed by atoms with Crippen LogP contribution in [0.4, 0.5) is 8.78 Å². The molecule has 1 aliphatic carbocycles. The molecule has 2 heterocycles. The summed E-state index contributed by atoms with van der Waals surface area (Å²) in [7, 11) is 1.30. The van der Waals surface area contributed by atoms with Crippen molar-refractivity contribution in [3.05, 3.63) is 100 Å². The van der Waals surface area contributed by atoms with Gasteiger partial charge in [-0.05, 0) is 61.2 Å². The van der Waals surface area contributed by atoms with Gasteiger partial charge in [-0.2, -0.15) is 5.10 Å². The maximum Gasteiger partial charge on any atom is 0.336 e. The van der Waals surface area contributed by atoms with Crippen molar-refractivity contribution in [2.75, 3.05) is 7.11 Å². The molecule has 0 amide bonds. The number of carbonyl (C=O) groups is 2. The molecule has 35 heavy (non-hydrogen) atoms. The minimum Gasteiger partial charge on any atom is -0.466 e. The van der Waals surface area contributed by atoms with Crippen molar-refractivity contribution in [2.45, 2.75) is 31.6 Å². The standard InChI is InChI=1S/C27H23F2N3O3/c1-14-23(27(34)35-2)24(20-13-30-32-26(20)16-5-9-19(29)10-6-16)25-21(31-14)11-17(12-22(25)33)15-3-7-18(28)8-4-15/h3-10,13,17,24,31H,11-12H2,1-2H3,(H,30,32)/t17-,24-/m0/s1. The van der Waals surface area contributed by atoms with Gasteiger partial charge in [-0.25, -0.2) is 13.6 Å². The first-order valence-corrected chi connectivity index (χ1v) is 11.2. The Morgan fingerprint density at radius 3 is 2.34 bits per heavy atom. The highest BCUT2D eigenvalue weighted by molar-refractivity contribution is 6.04. The number of nitrogens with one attached hydrogen (secondary N) is 2. The Labute approximate surface area is 200 Å². The third-order valence-electron chi connectivity index (χ3n) is 6.69. The number of allylic oxidation sites excluding steroid dienone is 3. The molecule has 1 aliphatic heterocycles. The van der Waals surface area contributed by atoms with Crippen LogP contribution in [0.1, 0.15) is 42.7 Å². The number of esters is 1. The van der Waals surface area contributed by atoms with Crippen molar-refractivity contribution in [3.8, 4) is 11.3 Å². The molecular formula is C27H23F2N3O3. The number of ketones is 1. The molecular weight excluding hydrogens is 452 g/mol. The van der Waals surface area contributed by atoms with Crippen LogP contribution in [0.15, 0.2) is 77.3 Å². The van der Waals surface area contributed by atoms with E-state index < -0.39 is 11.9 Å². The Balaban J connectivity index is 1.63. The number of aromatic amines is 1. The van der Waals surface area contributed by atoms with Gasteiger partial charge in [0.05, 0.1) is 30.5 Å². The van der Waals surface area contributed by atoms with Crippen molar-refractivity contribution >= 4 is 11.8 Å². The zero-order chi connectivity index (χ0) is 24.7. The van der Waals surface area contributed by atoms with E-state index in [1.807, 2.05) is 0 Å². The van der Waals surface area contributed by atoms with E-state index in [4.69, 9.17) is 4.74 Å². The van der Waals surface area contributed by atoms with Crippen LogP contribution in [0, 0.1) is 11.6 Å². The minimum atomic E-state index is -0.709. The molecule has 0 fully saturated rings. The lowest BCUT2D eigenvalue weighted by molar-refractivity contribution is -0.136. The van der Waals surface area contributed by atoms with Gasteiger partial charge >= 0.3 is 5.97 Å². The number of ether oxygens (including phenoxy) is 1. The topological polar surface area (TPSA) is 84.1 Å². The van der Waals surface area contributed by atoms with E-state index in [1.54, 1.807) is 37.4 Å². The molecule has 0 spiro atoms. The number of rotatable bonds is 4. The lowest BCUT2D eigenvalue weighted by atomic mass is 9.71. The third kappa shape index (κ3) is 4.05. The Hall–Kier alpha value is -4.07. The maximum absolute atomic E-state index is 13.6. The second-order valence-electron chi connectivity index (χ2n) is 8.77. The third-order valence-corrected chi connectivity index (χ3v) is 6.69. The second kappa shape index (κ2) is 8.94. The summed E-state index contributed by atoms with van der Waals surface area (Å²) in [6, 6.07) is 12.1. The second-order valence-corrected chi connectivity index (χ2v) is 8.77. The number of H-pyrrole nitrogens is 1. The fourth-order valence-corrected chi connectivity index (χ4v) is 5.06. The van der Waals surface area contributed by atoms with Crippen LogP contribution < -0.4 is 5.32 Å². The van der Waals surface area contributed by atoms with Gasteiger partial charge in [0.25, 0.3) is 0 Å². The number of nitrogens with zero attached hydrogens (tertiary/aromatic N) is 1. The van der Waals surface area contributed by atoms with Gasteiger partial charge in [0.15, 0.2) is 5.78 Å². The van der Waals surface area contributed by atoms with Gasteiger partial charge in [-0.1, -0.05) is 12.1 Å². The van der Waals surface area contributed by atoms with Crippen LogP contribution >= 0.6 is 0 Å². The van der Waals surface area contributed by atoms with Crippen LogP contribution in [0.2, 0.25) is 0 Å². The summed E-state index contributed by atoms with van der Waals surface area (Å²) in [4.78, 5) is 26.5. The average Bonchev–Trinajstić information content (AvgIpc) is 3.33. The Morgan fingerprint density at radius 2 is 1.69 bits per heavy atom. The van der Waals surface area contributed by atoms with Crippen molar-refractivity contribution in [2.24, 2.45) is 0 Å². The summed E-state index contributed by atoms with van der Waals surface area (Å²) in [5.41, 5.74) is 4.87. The number of benzene rings is 2. The van der Waals surface area contributed by atoms with Gasteiger partial charge in [-0.3, -0.25) is 9.89 Å². The maximum atomic E-state index is 13.6. The number of aromatic nitrogens is 2. The van der Waals surface area contributed by atoms with Gasteiger partial charge in [0, 0.05) is 34.5 Å². The number of Topliss-reactive ketones (excluding diaryl/α,β-unsaturated/α-hetero) is 1. The van der Waals surface area contributed by atoms with Gasteiger partial charge < -0.3 is 10.1 Å². The molecule has 178 valence electrons. The molecule has 6 nitrogen and oxygen atoms in total. The van der Waals surface area contributed by atoms with Crippen molar-refractivity contribution in [1.82, 2.24) is 15.5 Å². The van der Waals surface area contributed by atoms with Crippen molar-refractivity contribution < 1.29 is 23.1 Å². The molecule has 1 aromatic heterocycles. The molecule has 2 aliphatic rings. The summed E-state index contributed by atoms with van der Waals surface area (Å²) in [5, 5.41) is 10.4. The van der Waals surface area contributed by atoms with Crippen LogP contribution in [-0.4, -0.2) is 29.1 Å². The predicted molar refractivity (Wildman–Crippen MR) is 125 cm³/mol. The van der Waals surface area contributed by atoms with E-state index in [2.05, 4.69) is 15.5 Å². The minimum absolute atomic E-state index is 0.113. The van der Waals surface area contributed by atoms with Crippen LogP contribution in [-0.2, 0) is 14.3 Å². The molecule has 0 saturated heterocycles. The van der Waals surface area contributed by atoms with Gasteiger partial charge in [0.2, 0.25) is 0 Å². The molecule has 5 rings (SSSR count). The molecule has 0 bridgehead atoms. The van der Waals surface area contributed by atoms with E-state index in [0.29, 0.717) is 40.1 Å². The number of dihydropyridines is 1. The van der Waals surface area contributed by atoms with Gasteiger partial charge in [-0.15, -0.1) is 0 Å². The lowest BCUT2D eigenvalue weighted by Gasteiger charge is -2.36. The number of carbonyl (C=O) groups excluding carboxylic acids is 2. The average molecular weight is 475 g/mol. The van der Waals surface area contributed by atoms with E-state index in [9.17, 15) is 18.4 Å². The summed E-state index contributed by atoms with van der Waals surface area (Å²) < 4.78 is 32.1. The van der Waals surface area contributed by atoms with Crippen molar-refractivity contribution in [1.29, 1.82) is 0 Å². The highest BCUT2D eigenvalue weighted by atomic mass is 19.1. The van der Waals surface area contributed by atoms with E-state index in [0.717, 1.165) is 11.3 Å². The largest absolute Gasteiger partial charge is 0.466 e. The Morgan fingerprint density at radius 1 is 1.03 bits per heavy atom. The molecule has 2 atom stereocenters. The predicted octanol–water partition coefficient (Wildman–Crippen LogP) is 4.89. The smallest absolute Gasteiger partial charge is 0.336 e. The van der Waals surface area contributed by atoms with Gasteiger partial charge in [0.1, 0.15) is 11.6 Å². The summed E-state index contributed by atoms with van der Waals surface area (Å²) in [6.07, 6.45) is 2.34. The molecule has 0 saturated carbocycles. The first-order valence-electron chi connectivity index (χ1n) is 11.2. The fourth-order valence-electron chi connectivity index (χ4n) is 5.06. The van der Waals surface area contributed by atoms with Crippen molar-refractivity contribution in [3.63, 3.8) is 0 Å². The zero-order valence-corrected chi connectivity index (χ0v) is 19.2. The molecule has 3 aromatic rings. The first kappa shape index (κ1) is 22.7.